The molecule has 1 aromatic carbocycles. The predicted molar refractivity (Wildman–Crippen MR) is 95.3 cm³/mol. The second-order valence-corrected chi connectivity index (χ2v) is 6.79. The molecule has 0 unspecified atom stereocenters. The van der Waals surface area contributed by atoms with Crippen molar-refractivity contribution in [2.45, 2.75) is 31.1 Å². The topological polar surface area (TPSA) is 68.8 Å². The van der Waals surface area contributed by atoms with Gasteiger partial charge in [-0.25, -0.2) is 0 Å². The van der Waals surface area contributed by atoms with Crippen LogP contribution in [0.15, 0.2) is 18.2 Å². The van der Waals surface area contributed by atoms with Gasteiger partial charge in [-0.05, 0) is 30.5 Å². The highest BCUT2D eigenvalue weighted by molar-refractivity contribution is 5.78. The van der Waals surface area contributed by atoms with Gasteiger partial charge in [0.15, 0.2) is 11.5 Å². The van der Waals surface area contributed by atoms with Gasteiger partial charge in [0.1, 0.15) is 13.2 Å². The van der Waals surface area contributed by atoms with E-state index in [-0.39, 0.29) is 11.3 Å². The number of methoxy groups -OCH3 is 1. The van der Waals surface area contributed by atoms with E-state index in [0.29, 0.717) is 39.5 Å². The quantitative estimate of drug-likeness (QED) is 0.699. The first-order valence-corrected chi connectivity index (χ1v) is 9.10. The summed E-state index contributed by atoms with van der Waals surface area (Å²) in [5.74, 6) is 1.66. The Labute approximate surface area is 149 Å². The maximum atomic E-state index is 12.1. The number of benzene rings is 1. The van der Waals surface area contributed by atoms with E-state index < -0.39 is 0 Å². The molecule has 0 radical (unpaired) electrons. The Hall–Kier alpha value is -1.79. The van der Waals surface area contributed by atoms with Crippen LogP contribution in [-0.2, 0) is 14.9 Å². The van der Waals surface area contributed by atoms with E-state index in [2.05, 4.69) is 22.8 Å². The molecule has 1 fully saturated rings. The smallest absolute Gasteiger partial charge is 0.233 e. The fourth-order valence-electron chi connectivity index (χ4n) is 3.70. The zero-order chi connectivity index (χ0) is 17.5. The third-order valence-corrected chi connectivity index (χ3v) is 5.11. The summed E-state index contributed by atoms with van der Waals surface area (Å²) in [5, 5.41) is 6.19. The largest absolute Gasteiger partial charge is 0.486 e. The minimum atomic E-state index is -0.00196. The number of fused-ring (bicyclic) bond motifs is 1. The van der Waals surface area contributed by atoms with Crippen molar-refractivity contribution in [3.8, 4) is 11.5 Å². The lowest BCUT2D eigenvalue weighted by molar-refractivity contribution is -0.120. The third-order valence-electron chi connectivity index (χ3n) is 5.11. The predicted octanol–water partition coefficient (Wildman–Crippen LogP) is 1.62. The molecule has 0 atom stereocenters. The van der Waals surface area contributed by atoms with Crippen LogP contribution in [0.2, 0.25) is 0 Å². The molecular formula is C19H28N2O4. The molecule has 138 valence electrons. The molecule has 25 heavy (non-hydrogen) atoms. The van der Waals surface area contributed by atoms with Crippen LogP contribution in [0.5, 0.6) is 11.5 Å². The van der Waals surface area contributed by atoms with Gasteiger partial charge in [0.2, 0.25) is 5.91 Å². The SMILES string of the molecule is COCCNCC(=O)NCC1(c2ccc3c(c2)OCCO3)CCCC1. The molecule has 1 saturated carbocycles. The number of rotatable bonds is 8. The first-order valence-electron chi connectivity index (χ1n) is 9.10. The number of nitrogens with one attached hydrogen (secondary N) is 2. The Morgan fingerprint density at radius 3 is 2.72 bits per heavy atom. The molecule has 0 saturated heterocycles. The van der Waals surface area contributed by atoms with Crippen molar-refractivity contribution < 1.29 is 19.0 Å². The van der Waals surface area contributed by atoms with E-state index in [1.807, 2.05) is 6.07 Å². The summed E-state index contributed by atoms with van der Waals surface area (Å²) in [6.07, 6.45) is 4.56. The fourth-order valence-corrected chi connectivity index (χ4v) is 3.70. The number of hydrogen-bond donors (Lipinski definition) is 2. The summed E-state index contributed by atoms with van der Waals surface area (Å²) in [4.78, 5) is 12.1. The van der Waals surface area contributed by atoms with Crippen molar-refractivity contribution in [3.05, 3.63) is 23.8 Å². The summed E-state index contributed by atoms with van der Waals surface area (Å²) in [6, 6.07) is 6.22. The van der Waals surface area contributed by atoms with Crippen LogP contribution in [0.1, 0.15) is 31.2 Å². The van der Waals surface area contributed by atoms with Crippen LogP contribution < -0.4 is 20.1 Å². The van der Waals surface area contributed by atoms with Gasteiger partial charge in [0, 0.05) is 25.6 Å². The van der Waals surface area contributed by atoms with E-state index in [9.17, 15) is 4.79 Å². The molecule has 0 aromatic heterocycles. The van der Waals surface area contributed by atoms with Gasteiger partial charge in [0.05, 0.1) is 13.2 Å². The first-order chi connectivity index (χ1) is 12.2. The summed E-state index contributed by atoms with van der Waals surface area (Å²) >= 11 is 0. The Morgan fingerprint density at radius 1 is 1.20 bits per heavy atom. The lowest BCUT2D eigenvalue weighted by atomic mass is 9.78. The zero-order valence-electron chi connectivity index (χ0n) is 14.9. The molecule has 2 aliphatic rings. The van der Waals surface area contributed by atoms with Crippen LogP contribution in [-0.4, -0.2) is 52.5 Å². The minimum Gasteiger partial charge on any atom is -0.486 e. The highest BCUT2D eigenvalue weighted by atomic mass is 16.6. The number of hydrogen-bond acceptors (Lipinski definition) is 5. The van der Waals surface area contributed by atoms with Crippen LogP contribution in [0, 0.1) is 0 Å². The van der Waals surface area contributed by atoms with E-state index in [1.165, 1.54) is 18.4 Å². The van der Waals surface area contributed by atoms with Crippen molar-refractivity contribution >= 4 is 5.91 Å². The summed E-state index contributed by atoms with van der Waals surface area (Å²) < 4.78 is 16.3. The number of carbonyl (C=O) groups excluding carboxylic acids is 1. The zero-order valence-corrected chi connectivity index (χ0v) is 14.9. The molecule has 6 heteroatoms. The van der Waals surface area contributed by atoms with Crippen LogP contribution >= 0.6 is 0 Å². The van der Waals surface area contributed by atoms with Crippen LogP contribution in [0.4, 0.5) is 0 Å². The molecule has 6 nitrogen and oxygen atoms in total. The van der Waals surface area contributed by atoms with Crippen molar-refractivity contribution in [2.24, 2.45) is 0 Å². The third kappa shape index (κ3) is 4.44. The van der Waals surface area contributed by atoms with E-state index in [0.717, 1.165) is 24.3 Å². The van der Waals surface area contributed by atoms with Gasteiger partial charge >= 0.3 is 0 Å². The second kappa shape index (κ2) is 8.54. The molecule has 1 aliphatic carbocycles. The maximum Gasteiger partial charge on any atom is 0.233 e. The molecule has 2 N–H and O–H groups in total. The van der Waals surface area contributed by atoms with Gasteiger partial charge < -0.3 is 24.8 Å². The normalized spacial score (nSPS) is 18.1. The Kier molecular flexibility index (Phi) is 6.15. The van der Waals surface area contributed by atoms with Gasteiger partial charge in [-0.2, -0.15) is 0 Å². The minimum absolute atomic E-state index is 0.00196. The Bertz CT molecular complexity index is 585. The Morgan fingerprint density at radius 2 is 1.96 bits per heavy atom. The summed E-state index contributed by atoms with van der Waals surface area (Å²) in [5.41, 5.74) is 1.24. The van der Waals surface area contributed by atoms with E-state index in [1.54, 1.807) is 7.11 Å². The molecule has 0 spiro atoms. The molecular weight excluding hydrogens is 320 g/mol. The molecule has 1 aliphatic heterocycles. The van der Waals surface area contributed by atoms with Gasteiger partial charge in [-0.15, -0.1) is 0 Å². The van der Waals surface area contributed by atoms with Crippen LogP contribution in [0.3, 0.4) is 0 Å². The molecule has 0 bridgehead atoms. The van der Waals surface area contributed by atoms with Gasteiger partial charge in [-0.3, -0.25) is 4.79 Å². The second-order valence-electron chi connectivity index (χ2n) is 6.79. The summed E-state index contributed by atoms with van der Waals surface area (Å²) in [6.45, 7) is 3.46. The van der Waals surface area contributed by atoms with Crippen molar-refractivity contribution in [2.75, 3.05) is 46.6 Å². The number of ether oxygens (including phenoxy) is 3. The van der Waals surface area contributed by atoms with Crippen molar-refractivity contribution in [1.29, 1.82) is 0 Å². The molecule has 1 amide bonds. The van der Waals surface area contributed by atoms with E-state index in [4.69, 9.17) is 14.2 Å². The monoisotopic (exact) mass is 348 g/mol. The number of carbonyl (C=O) groups is 1. The van der Waals surface area contributed by atoms with Crippen LogP contribution in [0.25, 0.3) is 0 Å². The lowest BCUT2D eigenvalue weighted by Crippen LogP contribution is -2.42. The molecule has 1 aromatic rings. The average Bonchev–Trinajstić information content (AvgIpc) is 3.13. The average molecular weight is 348 g/mol. The molecule has 1 heterocycles. The van der Waals surface area contributed by atoms with E-state index >= 15 is 0 Å². The van der Waals surface area contributed by atoms with Crippen molar-refractivity contribution in [1.82, 2.24) is 10.6 Å². The standard InChI is InChI=1S/C19H28N2O4/c1-23-9-8-20-13-18(22)21-14-19(6-2-3-7-19)15-4-5-16-17(12-15)25-11-10-24-16/h4-5,12,20H,2-3,6-11,13-14H2,1H3,(H,21,22). The Balaban J connectivity index is 1.62. The fraction of sp³-hybridized carbons (Fsp3) is 0.632. The van der Waals surface area contributed by atoms with Gasteiger partial charge in [-0.1, -0.05) is 18.9 Å². The highest BCUT2D eigenvalue weighted by Gasteiger charge is 2.36. The lowest BCUT2D eigenvalue weighted by Gasteiger charge is -2.31. The van der Waals surface area contributed by atoms with Gasteiger partial charge in [0.25, 0.3) is 0 Å². The highest BCUT2D eigenvalue weighted by Crippen LogP contribution is 2.43. The summed E-state index contributed by atoms with van der Waals surface area (Å²) in [7, 11) is 1.65. The van der Waals surface area contributed by atoms with Crippen molar-refractivity contribution in [3.63, 3.8) is 0 Å². The number of amides is 1. The maximum absolute atomic E-state index is 12.1. The first kappa shape index (κ1) is 18.0. The molecule has 3 rings (SSSR count).